The molecule has 0 fully saturated rings. The number of benzene rings is 1. The molecule has 1 aliphatic heterocycles. The van der Waals surface area contributed by atoms with Gasteiger partial charge in [0.15, 0.2) is 0 Å². The van der Waals surface area contributed by atoms with Crippen LogP contribution >= 0.6 is 11.6 Å². The lowest BCUT2D eigenvalue weighted by atomic mass is 9.94. The molecule has 23 heavy (non-hydrogen) atoms. The zero-order valence-electron chi connectivity index (χ0n) is 14.0. The number of carbonyl (C=O) groups excluding carboxylic acids is 1. The summed E-state index contributed by atoms with van der Waals surface area (Å²) in [5, 5.41) is 12.9. The Bertz CT molecular complexity index is 534. The molecule has 0 saturated carbocycles. The number of urea groups is 1. The number of hydrogen-bond acceptors (Lipinski definition) is 2. The predicted molar refractivity (Wildman–Crippen MR) is 93.6 cm³/mol. The topological polar surface area (TPSA) is 52.6 Å². The lowest BCUT2D eigenvalue weighted by molar-refractivity contribution is 0.186. The van der Waals surface area contributed by atoms with E-state index < -0.39 is 0 Å². The molecule has 0 aliphatic carbocycles. The van der Waals surface area contributed by atoms with Gasteiger partial charge in [-0.1, -0.05) is 31.5 Å². The largest absolute Gasteiger partial charge is 0.396 e. The van der Waals surface area contributed by atoms with E-state index in [-0.39, 0.29) is 12.6 Å². The highest BCUT2D eigenvalue weighted by molar-refractivity contribution is 6.30. The minimum absolute atomic E-state index is 0.0256. The molecule has 0 bridgehead atoms. The summed E-state index contributed by atoms with van der Waals surface area (Å²) < 4.78 is 0. The molecule has 1 heterocycles. The summed E-state index contributed by atoms with van der Waals surface area (Å²) in [6.45, 7) is 6.46. The van der Waals surface area contributed by atoms with Crippen LogP contribution in [0.15, 0.2) is 18.2 Å². The number of halogens is 1. The van der Waals surface area contributed by atoms with Crippen LogP contribution in [0, 0.1) is 11.8 Å². The van der Waals surface area contributed by atoms with E-state index in [1.54, 1.807) is 0 Å². The molecular formula is C18H27ClN2O2. The minimum Gasteiger partial charge on any atom is -0.396 e. The van der Waals surface area contributed by atoms with Gasteiger partial charge in [-0.25, -0.2) is 4.79 Å². The maximum absolute atomic E-state index is 12.4. The summed E-state index contributed by atoms with van der Waals surface area (Å²) in [4.78, 5) is 14.2. The smallest absolute Gasteiger partial charge is 0.317 e. The van der Waals surface area contributed by atoms with Gasteiger partial charge in [-0.05, 0) is 54.4 Å². The molecule has 2 amide bonds. The van der Waals surface area contributed by atoms with Crippen molar-refractivity contribution in [2.45, 2.75) is 39.7 Å². The van der Waals surface area contributed by atoms with E-state index in [1.807, 2.05) is 23.1 Å². The van der Waals surface area contributed by atoms with Crippen molar-refractivity contribution in [2.75, 3.05) is 19.7 Å². The van der Waals surface area contributed by atoms with Crippen molar-refractivity contribution in [1.82, 2.24) is 10.2 Å². The molecular weight excluding hydrogens is 312 g/mol. The summed E-state index contributed by atoms with van der Waals surface area (Å²) in [6.07, 6.45) is 2.61. The summed E-state index contributed by atoms with van der Waals surface area (Å²) >= 11 is 6.05. The van der Waals surface area contributed by atoms with E-state index in [4.69, 9.17) is 16.7 Å². The van der Waals surface area contributed by atoms with Gasteiger partial charge in [0.25, 0.3) is 0 Å². The van der Waals surface area contributed by atoms with Gasteiger partial charge >= 0.3 is 6.03 Å². The number of rotatable bonds is 6. The first-order valence-corrected chi connectivity index (χ1v) is 8.78. The quantitative estimate of drug-likeness (QED) is 0.834. The van der Waals surface area contributed by atoms with Gasteiger partial charge in [0.1, 0.15) is 0 Å². The number of nitrogens with one attached hydrogen (secondary N) is 1. The third-order valence-electron chi connectivity index (χ3n) is 4.35. The normalized spacial score (nSPS) is 15.4. The van der Waals surface area contributed by atoms with E-state index >= 15 is 0 Å². The molecule has 4 nitrogen and oxygen atoms in total. The number of aliphatic hydroxyl groups excluding tert-OH is 1. The minimum atomic E-state index is -0.0256. The first-order chi connectivity index (χ1) is 11.0. The SMILES string of the molecule is CC(C)CC(CCO)CNC(=O)N1CCc2ccc(Cl)cc2C1. The van der Waals surface area contributed by atoms with Crippen LogP contribution in [0.2, 0.25) is 5.02 Å². The van der Waals surface area contributed by atoms with Crippen molar-refractivity contribution in [3.05, 3.63) is 34.3 Å². The van der Waals surface area contributed by atoms with Gasteiger partial charge in [0, 0.05) is 31.3 Å². The second-order valence-electron chi connectivity index (χ2n) is 6.78. The molecule has 0 aromatic heterocycles. The molecule has 0 spiro atoms. The Morgan fingerprint density at radius 1 is 1.39 bits per heavy atom. The van der Waals surface area contributed by atoms with Gasteiger partial charge in [-0.3, -0.25) is 0 Å². The van der Waals surface area contributed by atoms with Crippen molar-refractivity contribution >= 4 is 17.6 Å². The van der Waals surface area contributed by atoms with Crippen LogP contribution in [0.3, 0.4) is 0 Å². The lowest BCUT2D eigenvalue weighted by Crippen LogP contribution is -2.44. The van der Waals surface area contributed by atoms with E-state index in [0.29, 0.717) is 29.9 Å². The fourth-order valence-electron chi connectivity index (χ4n) is 3.19. The van der Waals surface area contributed by atoms with E-state index in [0.717, 1.165) is 31.4 Å². The highest BCUT2D eigenvalue weighted by Crippen LogP contribution is 2.22. The van der Waals surface area contributed by atoms with Crippen molar-refractivity contribution in [3.63, 3.8) is 0 Å². The molecule has 0 saturated heterocycles. The van der Waals surface area contributed by atoms with E-state index in [9.17, 15) is 4.79 Å². The summed E-state index contributed by atoms with van der Waals surface area (Å²) in [5.74, 6) is 0.892. The molecule has 5 heteroatoms. The predicted octanol–water partition coefficient (Wildman–Crippen LogP) is 3.45. The Balaban J connectivity index is 1.88. The van der Waals surface area contributed by atoms with Gasteiger partial charge < -0.3 is 15.3 Å². The first kappa shape index (κ1) is 18.1. The molecule has 2 N–H and O–H groups in total. The number of hydrogen-bond donors (Lipinski definition) is 2. The highest BCUT2D eigenvalue weighted by Gasteiger charge is 2.21. The van der Waals surface area contributed by atoms with Crippen LogP contribution in [0.1, 0.15) is 37.8 Å². The molecule has 0 radical (unpaired) electrons. The average molecular weight is 339 g/mol. The van der Waals surface area contributed by atoms with Crippen molar-refractivity contribution in [1.29, 1.82) is 0 Å². The number of nitrogens with zero attached hydrogens (tertiary/aromatic N) is 1. The van der Waals surface area contributed by atoms with Crippen molar-refractivity contribution in [2.24, 2.45) is 11.8 Å². The Hall–Kier alpha value is -1.26. The van der Waals surface area contributed by atoms with Crippen LogP contribution in [0.25, 0.3) is 0 Å². The molecule has 1 unspecified atom stereocenters. The van der Waals surface area contributed by atoms with Crippen LogP contribution in [0.5, 0.6) is 0 Å². The third kappa shape index (κ3) is 5.40. The van der Waals surface area contributed by atoms with Crippen LogP contribution in [-0.4, -0.2) is 35.7 Å². The summed E-state index contributed by atoms with van der Waals surface area (Å²) in [6, 6.07) is 5.88. The zero-order valence-corrected chi connectivity index (χ0v) is 14.8. The standard InChI is InChI=1S/C18H27ClN2O2/c1-13(2)9-14(6-8-22)11-20-18(23)21-7-5-15-3-4-17(19)10-16(15)12-21/h3-4,10,13-14,22H,5-9,11-12H2,1-2H3,(H,20,23). The second-order valence-corrected chi connectivity index (χ2v) is 7.21. The molecule has 1 aromatic carbocycles. The van der Waals surface area contributed by atoms with Gasteiger partial charge in [0.05, 0.1) is 0 Å². The fourth-order valence-corrected chi connectivity index (χ4v) is 3.39. The Kier molecular flexibility index (Phi) is 6.72. The van der Waals surface area contributed by atoms with Crippen molar-refractivity contribution < 1.29 is 9.90 Å². The van der Waals surface area contributed by atoms with Crippen molar-refractivity contribution in [3.8, 4) is 0 Å². The maximum Gasteiger partial charge on any atom is 0.317 e. The molecule has 128 valence electrons. The zero-order chi connectivity index (χ0) is 16.8. The number of amides is 2. The molecule has 1 atom stereocenters. The fraction of sp³-hybridized carbons (Fsp3) is 0.611. The molecule has 1 aliphatic rings. The van der Waals surface area contributed by atoms with E-state index in [2.05, 4.69) is 19.2 Å². The monoisotopic (exact) mass is 338 g/mol. The van der Waals surface area contributed by atoms with E-state index in [1.165, 1.54) is 5.56 Å². The highest BCUT2D eigenvalue weighted by atomic mass is 35.5. The number of fused-ring (bicyclic) bond motifs is 1. The Morgan fingerprint density at radius 3 is 2.87 bits per heavy atom. The van der Waals surface area contributed by atoms with Crippen LogP contribution in [0.4, 0.5) is 4.79 Å². The Labute approximate surface area is 143 Å². The second kappa shape index (κ2) is 8.55. The van der Waals surface area contributed by atoms with Gasteiger partial charge in [-0.15, -0.1) is 0 Å². The summed E-state index contributed by atoms with van der Waals surface area (Å²) in [5.41, 5.74) is 2.41. The van der Waals surface area contributed by atoms with Gasteiger partial charge in [-0.2, -0.15) is 0 Å². The lowest BCUT2D eigenvalue weighted by Gasteiger charge is -2.30. The van der Waals surface area contributed by atoms with Crippen LogP contribution < -0.4 is 5.32 Å². The number of carbonyl (C=O) groups is 1. The van der Waals surface area contributed by atoms with Crippen LogP contribution in [-0.2, 0) is 13.0 Å². The third-order valence-corrected chi connectivity index (χ3v) is 4.59. The average Bonchev–Trinajstić information content (AvgIpc) is 2.51. The maximum atomic E-state index is 12.4. The van der Waals surface area contributed by atoms with Gasteiger partial charge in [0.2, 0.25) is 0 Å². The Morgan fingerprint density at radius 2 is 2.17 bits per heavy atom. The first-order valence-electron chi connectivity index (χ1n) is 8.40. The molecule has 2 rings (SSSR count). The molecule has 1 aromatic rings. The number of aliphatic hydroxyl groups is 1. The summed E-state index contributed by atoms with van der Waals surface area (Å²) in [7, 11) is 0.